The molecule has 0 saturated heterocycles. The van der Waals surface area contributed by atoms with Crippen molar-refractivity contribution in [2.75, 3.05) is 24.0 Å². The van der Waals surface area contributed by atoms with Gasteiger partial charge in [0.05, 0.1) is 42.5 Å². The van der Waals surface area contributed by atoms with E-state index in [1.54, 1.807) is 30.5 Å². The number of nitriles is 1. The van der Waals surface area contributed by atoms with E-state index in [0.29, 0.717) is 24.4 Å². The quantitative estimate of drug-likeness (QED) is 0.381. The number of fused-ring (bicyclic) bond motifs is 1. The van der Waals surface area contributed by atoms with Crippen molar-refractivity contribution in [2.45, 2.75) is 22.8 Å². The molecule has 3 heterocycles. The number of sulfonamides is 1. The van der Waals surface area contributed by atoms with Crippen LogP contribution < -0.4 is 4.31 Å². The van der Waals surface area contributed by atoms with Crippen LogP contribution in [0.1, 0.15) is 19.0 Å². The topological polar surface area (TPSA) is 116 Å². The lowest BCUT2D eigenvalue weighted by Crippen LogP contribution is -2.31. The van der Waals surface area contributed by atoms with Crippen molar-refractivity contribution >= 4 is 60.7 Å². The highest BCUT2D eigenvalue weighted by atomic mass is 32.2. The largest absolute Gasteiger partial charge is 0.466 e. The molecule has 1 unspecified atom stereocenters. The maximum absolute atomic E-state index is 13.2. The molecule has 4 rings (SSSR count). The maximum Gasteiger partial charge on any atom is 0.306 e. The Balaban J connectivity index is 1.65. The number of nitrogens with zero attached hydrogens (tertiary/aromatic N) is 3. The van der Waals surface area contributed by atoms with Gasteiger partial charge in [-0.2, -0.15) is 5.26 Å². The van der Waals surface area contributed by atoms with Crippen LogP contribution in [0.3, 0.4) is 0 Å². The fourth-order valence-corrected chi connectivity index (χ4v) is 6.97. The first-order valence-electron chi connectivity index (χ1n) is 9.86. The molecule has 1 aromatic carbocycles. The number of carbonyl (C=O) groups excluding carboxylic acids is 1. The van der Waals surface area contributed by atoms with Crippen LogP contribution in [0, 0.1) is 11.3 Å². The van der Waals surface area contributed by atoms with Gasteiger partial charge in [0.1, 0.15) is 15.8 Å². The van der Waals surface area contributed by atoms with Gasteiger partial charge in [-0.05, 0) is 30.5 Å². The number of thiophene rings is 1. The van der Waals surface area contributed by atoms with Crippen molar-refractivity contribution in [1.82, 2.24) is 4.98 Å². The van der Waals surface area contributed by atoms with Crippen LogP contribution in [0.4, 0.5) is 5.69 Å². The number of aromatic amines is 1. The van der Waals surface area contributed by atoms with Crippen LogP contribution in [0.15, 0.2) is 51.0 Å². The van der Waals surface area contributed by atoms with Crippen molar-refractivity contribution in [2.24, 2.45) is 4.99 Å². The number of anilines is 1. The number of H-pyrrole nitrogens is 1. The molecule has 166 valence electrons. The SMILES string of the molecule is CCOC(=O)CC1CN=C(c2cc3cccc(N(CC#N)S(=O)(=O)c4cccs4)c3[nH]2)S1. The monoisotopic (exact) mass is 488 g/mol. The van der Waals surface area contributed by atoms with E-state index in [0.717, 1.165) is 31.8 Å². The van der Waals surface area contributed by atoms with Gasteiger partial charge in [0, 0.05) is 10.6 Å². The Kier molecular flexibility index (Phi) is 6.55. The second-order valence-corrected chi connectivity index (χ2v) is 11.2. The highest BCUT2D eigenvalue weighted by molar-refractivity contribution is 8.15. The standard InChI is InChI=1S/C21H20N4O4S3/c1-2-29-18(26)12-15-13-23-21(31-15)16-11-14-5-3-6-17(20(14)24-16)25(9-8-22)32(27,28)19-7-4-10-30-19/h3-7,10-11,15,24H,2,9,12-13H2,1H3. The van der Waals surface area contributed by atoms with Crippen molar-refractivity contribution in [3.8, 4) is 6.07 Å². The van der Waals surface area contributed by atoms with Gasteiger partial charge in [-0.1, -0.05) is 30.0 Å². The minimum absolute atomic E-state index is 0.00391. The van der Waals surface area contributed by atoms with E-state index in [4.69, 9.17) is 4.74 Å². The van der Waals surface area contributed by atoms with Gasteiger partial charge in [0.15, 0.2) is 0 Å². The molecule has 0 radical (unpaired) electrons. The van der Waals surface area contributed by atoms with Crippen LogP contribution in [0.25, 0.3) is 10.9 Å². The van der Waals surface area contributed by atoms with Crippen molar-refractivity contribution in [3.63, 3.8) is 0 Å². The first-order valence-corrected chi connectivity index (χ1v) is 13.1. The van der Waals surface area contributed by atoms with E-state index in [2.05, 4.69) is 9.98 Å². The number of nitrogens with one attached hydrogen (secondary N) is 1. The van der Waals surface area contributed by atoms with Crippen LogP contribution in [-0.4, -0.2) is 49.4 Å². The lowest BCUT2D eigenvalue weighted by atomic mass is 10.2. The highest BCUT2D eigenvalue weighted by Crippen LogP contribution is 2.34. The molecule has 32 heavy (non-hydrogen) atoms. The van der Waals surface area contributed by atoms with Gasteiger partial charge in [0.2, 0.25) is 0 Å². The predicted octanol–water partition coefficient (Wildman–Crippen LogP) is 3.76. The fraction of sp³-hybridized carbons (Fsp3) is 0.286. The Morgan fingerprint density at radius 2 is 2.22 bits per heavy atom. The zero-order chi connectivity index (χ0) is 22.7. The summed E-state index contributed by atoms with van der Waals surface area (Å²) in [5, 5.41) is 12.6. The number of ether oxygens (including phenoxy) is 1. The summed E-state index contributed by atoms with van der Waals surface area (Å²) in [4.78, 5) is 19.6. The molecule has 3 aromatic rings. The third kappa shape index (κ3) is 4.39. The molecule has 0 saturated carbocycles. The van der Waals surface area contributed by atoms with Crippen molar-refractivity contribution < 1.29 is 17.9 Å². The van der Waals surface area contributed by atoms with Gasteiger partial charge in [-0.15, -0.1) is 11.3 Å². The molecule has 1 atom stereocenters. The first-order chi connectivity index (χ1) is 15.4. The zero-order valence-corrected chi connectivity index (χ0v) is 19.6. The van der Waals surface area contributed by atoms with E-state index in [9.17, 15) is 18.5 Å². The van der Waals surface area contributed by atoms with Crippen molar-refractivity contribution in [3.05, 3.63) is 47.5 Å². The van der Waals surface area contributed by atoms with Crippen LogP contribution in [0.2, 0.25) is 0 Å². The molecule has 0 aliphatic carbocycles. The number of rotatable bonds is 8. The Labute approximate surface area is 194 Å². The third-order valence-electron chi connectivity index (χ3n) is 4.80. The second kappa shape index (κ2) is 9.36. The van der Waals surface area contributed by atoms with Gasteiger partial charge >= 0.3 is 5.97 Å². The lowest BCUT2D eigenvalue weighted by Gasteiger charge is -2.21. The first kappa shape index (κ1) is 22.4. The summed E-state index contributed by atoms with van der Waals surface area (Å²) in [6.07, 6.45) is 0.284. The number of hydrogen-bond acceptors (Lipinski definition) is 8. The average Bonchev–Trinajstić information content (AvgIpc) is 3.52. The summed E-state index contributed by atoms with van der Waals surface area (Å²) in [5.41, 5.74) is 1.75. The molecule has 0 amide bonds. The number of para-hydroxylation sites is 1. The average molecular weight is 489 g/mol. The van der Waals surface area contributed by atoms with Gasteiger partial charge < -0.3 is 9.72 Å². The minimum atomic E-state index is -3.88. The van der Waals surface area contributed by atoms with Crippen molar-refractivity contribution in [1.29, 1.82) is 5.26 Å². The third-order valence-corrected chi connectivity index (χ3v) is 9.16. The summed E-state index contributed by atoms with van der Waals surface area (Å²) in [6, 6.07) is 12.4. The van der Waals surface area contributed by atoms with Gasteiger partial charge in [0.25, 0.3) is 10.0 Å². The summed E-state index contributed by atoms with van der Waals surface area (Å²) < 4.78 is 32.7. The zero-order valence-electron chi connectivity index (χ0n) is 17.1. The van der Waals surface area contributed by atoms with E-state index in [1.165, 1.54) is 17.8 Å². The molecule has 0 fully saturated rings. The maximum atomic E-state index is 13.2. The number of thioether (sulfide) groups is 1. The fourth-order valence-electron chi connectivity index (χ4n) is 3.42. The minimum Gasteiger partial charge on any atom is -0.466 e. The second-order valence-electron chi connectivity index (χ2n) is 6.92. The number of benzene rings is 1. The molecule has 1 aliphatic heterocycles. The predicted molar refractivity (Wildman–Crippen MR) is 127 cm³/mol. The summed E-state index contributed by atoms with van der Waals surface area (Å²) >= 11 is 2.61. The number of hydrogen-bond donors (Lipinski definition) is 1. The molecule has 8 nitrogen and oxygen atoms in total. The number of aliphatic imine (C=N–C) groups is 1. The van der Waals surface area contributed by atoms with E-state index >= 15 is 0 Å². The normalized spacial score (nSPS) is 16.0. The van der Waals surface area contributed by atoms with Gasteiger partial charge in [-0.25, -0.2) is 12.7 Å². The number of aromatic nitrogens is 1. The lowest BCUT2D eigenvalue weighted by molar-refractivity contribution is -0.143. The highest BCUT2D eigenvalue weighted by Gasteiger charge is 2.29. The Bertz CT molecular complexity index is 1310. The summed E-state index contributed by atoms with van der Waals surface area (Å²) in [6.45, 7) is 2.32. The Morgan fingerprint density at radius 3 is 2.94 bits per heavy atom. The summed E-state index contributed by atoms with van der Waals surface area (Å²) in [7, 11) is -3.88. The van der Waals surface area contributed by atoms with Crippen LogP contribution in [-0.2, 0) is 19.6 Å². The van der Waals surface area contributed by atoms with Crippen LogP contribution >= 0.6 is 23.1 Å². The molecule has 0 spiro atoms. The molecular formula is C21H20N4O4S3. The number of esters is 1. The van der Waals surface area contributed by atoms with Crippen LogP contribution in [0.5, 0.6) is 0 Å². The van der Waals surface area contributed by atoms with E-state index in [-0.39, 0.29) is 28.4 Å². The summed E-state index contributed by atoms with van der Waals surface area (Å²) in [5.74, 6) is -0.244. The Hall–Kier alpha value is -2.81. The number of carbonyl (C=O) groups is 1. The Morgan fingerprint density at radius 1 is 1.38 bits per heavy atom. The molecule has 2 aromatic heterocycles. The van der Waals surface area contributed by atoms with E-state index < -0.39 is 10.0 Å². The molecular weight excluding hydrogens is 468 g/mol. The van der Waals surface area contributed by atoms with Gasteiger partial charge in [-0.3, -0.25) is 9.79 Å². The molecule has 11 heteroatoms. The smallest absolute Gasteiger partial charge is 0.306 e. The molecule has 0 bridgehead atoms. The van der Waals surface area contributed by atoms with E-state index in [1.807, 2.05) is 18.2 Å². The molecule has 1 aliphatic rings. The molecule has 1 N–H and O–H groups in total.